The maximum absolute atomic E-state index is 11.5. The van der Waals surface area contributed by atoms with E-state index in [-0.39, 0.29) is 23.2 Å². The quantitative estimate of drug-likeness (QED) is 0.663. The predicted molar refractivity (Wildman–Crippen MR) is 107 cm³/mol. The number of carbonyl (C=O) groups is 1. The zero-order chi connectivity index (χ0) is 21.1. The van der Waals surface area contributed by atoms with Crippen molar-refractivity contribution in [1.29, 1.82) is 0 Å². The van der Waals surface area contributed by atoms with Gasteiger partial charge in [-0.1, -0.05) is 20.8 Å². The van der Waals surface area contributed by atoms with Crippen LogP contribution in [0.15, 0.2) is 0 Å². The Bertz CT molecular complexity index is 637. The Morgan fingerprint density at radius 3 is 2.34 bits per heavy atom. The Balaban J connectivity index is 1.59. The molecule has 0 aromatic rings. The highest BCUT2D eigenvalue weighted by molar-refractivity contribution is 5.64. The van der Waals surface area contributed by atoms with Gasteiger partial charge in [0.2, 0.25) is 0 Å². The van der Waals surface area contributed by atoms with Crippen LogP contribution in [0.2, 0.25) is 0 Å². The molecule has 5 nitrogen and oxygen atoms in total. The zero-order valence-electron chi connectivity index (χ0n) is 18.2. The van der Waals surface area contributed by atoms with Crippen molar-refractivity contribution >= 4 is 5.97 Å². The van der Waals surface area contributed by atoms with Crippen molar-refractivity contribution in [3.63, 3.8) is 0 Å². The molecule has 0 heterocycles. The van der Waals surface area contributed by atoms with Gasteiger partial charge in [-0.15, -0.1) is 0 Å². The van der Waals surface area contributed by atoms with Gasteiger partial charge in [0.1, 0.15) is 0 Å². The van der Waals surface area contributed by atoms with Crippen LogP contribution in [-0.2, 0) is 4.79 Å². The Hall–Kier alpha value is -0.650. The van der Waals surface area contributed by atoms with Crippen molar-refractivity contribution in [3.05, 3.63) is 0 Å². The third-order valence-corrected chi connectivity index (χ3v) is 10.4. The van der Waals surface area contributed by atoms with Crippen LogP contribution in [0.1, 0.15) is 78.6 Å². The van der Waals surface area contributed by atoms with Crippen molar-refractivity contribution in [2.75, 3.05) is 0 Å². The van der Waals surface area contributed by atoms with Crippen molar-refractivity contribution in [3.8, 4) is 0 Å². The molecule has 11 atom stereocenters. The van der Waals surface area contributed by atoms with Crippen molar-refractivity contribution in [2.24, 2.45) is 46.3 Å². The molecule has 0 aromatic carbocycles. The molecule has 0 aromatic heterocycles. The summed E-state index contributed by atoms with van der Waals surface area (Å²) in [5.74, 6) is 1.19. The first-order chi connectivity index (χ1) is 13.6. The fourth-order valence-electron chi connectivity index (χ4n) is 8.77. The number of aliphatic hydroxyl groups excluding tert-OH is 3. The molecule has 4 saturated carbocycles. The van der Waals surface area contributed by atoms with Crippen molar-refractivity contribution in [1.82, 2.24) is 0 Å². The molecule has 4 aliphatic carbocycles. The van der Waals surface area contributed by atoms with E-state index in [0.717, 1.165) is 38.5 Å². The molecule has 0 spiro atoms. The summed E-state index contributed by atoms with van der Waals surface area (Å²) in [6.45, 7) is 6.61. The first-order valence-electron chi connectivity index (χ1n) is 11.8. The maximum Gasteiger partial charge on any atom is 0.0623 e. The molecule has 0 bridgehead atoms. The molecule has 5 heteroatoms. The van der Waals surface area contributed by atoms with E-state index < -0.39 is 24.3 Å². The normalized spacial score (nSPS) is 52.9. The largest absolute Gasteiger partial charge is 0.550 e. The van der Waals surface area contributed by atoms with Crippen LogP contribution in [0.3, 0.4) is 0 Å². The number of aliphatic carboxylic acids is 1. The summed E-state index contributed by atoms with van der Waals surface area (Å²) in [5, 5.41) is 43.6. The highest BCUT2D eigenvalue weighted by Crippen LogP contribution is 2.68. The third kappa shape index (κ3) is 3.18. The molecule has 4 fully saturated rings. The second-order valence-electron chi connectivity index (χ2n) is 11.3. The average Bonchev–Trinajstić information content (AvgIpc) is 3.01. The molecule has 3 unspecified atom stereocenters. The number of fused-ring (bicyclic) bond motifs is 5. The van der Waals surface area contributed by atoms with Crippen LogP contribution < -0.4 is 5.11 Å². The number of carboxylic acid groups (broad SMARTS) is 1. The summed E-state index contributed by atoms with van der Waals surface area (Å²) in [4.78, 5) is 11.0. The summed E-state index contributed by atoms with van der Waals surface area (Å²) in [7, 11) is 0. The topological polar surface area (TPSA) is 101 Å². The molecule has 29 heavy (non-hydrogen) atoms. The van der Waals surface area contributed by atoms with E-state index in [1.807, 2.05) is 0 Å². The average molecular weight is 408 g/mol. The number of hydrogen-bond acceptors (Lipinski definition) is 5. The molecule has 4 rings (SSSR count). The highest BCUT2D eigenvalue weighted by atomic mass is 16.4. The van der Waals surface area contributed by atoms with E-state index >= 15 is 0 Å². The molecule has 0 aliphatic heterocycles. The Kier molecular flexibility index (Phi) is 5.57. The fourth-order valence-corrected chi connectivity index (χ4v) is 8.77. The third-order valence-electron chi connectivity index (χ3n) is 10.4. The van der Waals surface area contributed by atoms with E-state index in [0.29, 0.717) is 42.4 Å². The molecule has 0 amide bonds. The van der Waals surface area contributed by atoms with Gasteiger partial charge in [0, 0.05) is 5.97 Å². The van der Waals surface area contributed by atoms with Gasteiger partial charge in [-0.05, 0) is 104 Å². The molecule has 3 N–H and O–H groups in total. The first-order valence-corrected chi connectivity index (χ1v) is 11.8. The second-order valence-corrected chi connectivity index (χ2v) is 11.3. The van der Waals surface area contributed by atoms with E-state index in [1.54, 1.807) is 0 Å². The fraction of sp³-hybridized carbons (Fsp3) is 0.958. The second kappa shape index (κ2) is 7.49. The monoisotopic (exact) mass is 407 g/mol. The van der Waals surface area contributed by atoms with Crippen molar-refractivity contribution < 1.29 is 25.2 Å². The smallest absolute Gasteiger partial charge is 0.0623 e. The lowest BCUT2D eigenvalue weighted by atomic mass is 9.43. The van der Waals surface area contributed by atoms with E-state index in [4.69, 9.17) is 0 Å². The number of carboxylic acids is 1. The SMILES string of the molecule is C[C@H](CCC(=O)[O-])[C@H]1CC[C@H]2[C@@H]3CC[C@@H]4CC(O)CC(O)[C@]4(C)[C@H]3CC(O)[C@]12C. The highest BCUT2D eigenvalue weighted by Gasteiger charge is 2.65. The molecule has 0 saturated heterocycles. The van der Waals surface area contributed by atoms with Gasteiger partial charge in [-0.2, -0.15) is 0 Å². The molecule has 0 radical (unpaired) electrons. The number of carbonyl (C=O) groups excluding carboxylic acids is 1. The van der Waals surface area contributed by atoms with Gasteiger partial charge in [0.05, 0.1) is 18.3 Å². The summed E-state index contributed by atoms with van der Waals surface area (Å²) in [6.07, 6.45) is 5.67. The zero-order valence-corrected chi connectivity index (χ0v) is 18.2. The van der Waals surface area contributed by atoms with Gasteiger partial charge in [-0.25, -0.2) is 0 Å². The Morgan fingerprint density at radius 1 is 0.966 bits per heavy atom. The molecule has 166 valence electrons. The lowest BCUT2D eigenvalue weighted by Crippen LogP contribution is -2.62. The lowest BCUT2D eigenvalue weighted by molar-refractivity contribution is -0.306. The summed E-state index contributed by atoms with van der Waals surface area (Å²) in [5.41, 5.74) is -0.391. The van der Waals surface area contributed by atoms with Gasteiger partial charge in [0.25, 0.3) is 0 Å². The number of hydrogen-bond donors (Lipinski definition) is 3. The summed E-state index contributed by atoms with van der Waals surface area (Å²) in [6, 6.07) is 0. The van der Waals surface area contributed by atoms with Crippen LogP contribution in [0, 0.1) is 46.3 Å². The van der Waals surface area contributed by atoms with Crippen LogP contribution >= 0.6 is 0 Å². The summed E-state index contributed by atoms with van der Waals surface area (Å²) < 4.78 is 0. The van der Waals surface area contributed by atoms with Gasteiger partial charge in [-0.3, -0.25) is 0 Å². The van der Waals surface area contributed by atoms with Crippen LogP contribution in [0.25, 0.3) is 0 Å². The molecular weight excluding hydrogens is 368 g/mol. The minimum Gasteiger partial charge on any atom is -0.550 e. The van der Waals surface area contributed by atoms with E-state index in [9.17, 15) is 25.2 Å². The van der Waals surface area contributed by atoms with Gasteiger partial charge in [0.15, 0.2) is 0 Å². The standard InChI is InChI=1S/C24H40O5/c1-13(4-9-22(28)29)17-7-8-18-16-6-5-14-10-15(25)11-20(26)23(14,2)19(16)12-21(27)24(17,18)3/h13-21,25-27H,4-12H2,1-3H3,(H,28,29)/p-1/t13-,14-,15?,16+,17-,18+,19+,20?,21?,23+,24-/m1/s1. The molecule has 4 aliphatic rings. The minimum absolute atomic E-state index is 0.0921. The maximum atomic E-state index is 11.5. The minimum atomic E-state index is -0.986. The van der Waals surface area contributed by atoms with Crippen LogP contribution in [-0.4, -0.2) is 39.6 Å². The predicted octanol–water partition coefficient (Wildman–Crippen LogP) is 2.11. The molecular formula is C24H39O5-. The number of aliphatic hydroxyl groups is 3. The Morgan fingerprint density at radius 2 is 1.66 bits per heavy atom. The Labute approximate surface area is 174 Å². The van der Waals surface area contributed by atoms with Crippen LogP contribution in [0.4, 0.5) is 0 Å². The van der Waals surface area contributed by atoms with Crippen LogP contribution in [0.5, 0.6) is 0 Å². The lowest BCUT2D eigenvalue weighted by Gasteiger charge is -2.63. The van der Waals surface area contributed by atoms with Crippen molar-refractivity contribution in [2.45, 2.75) is 96.9 Å². The first kappa shape index (κ1) is 21.6. The van der Waals surface area contributed by atoms with Gasteiger partial charge >= 0.3 is 0 Å². The van der Waals surface area contributed by atoms with E-state index in [2.05, 4.69) is 20.8 Å². The number of rotatable bonds is 4. The van der Waals surface area contributed by atoms with E-state index in [1.165, 1.54) is 0 Å². The summed E-state index contributed by atoms with van der Waals surface area (Å²) >= 11 is 0. The van der Waals surface area contributed by atoms with Gasteiger partial charge < -0.3 is 25.2 Å².